The Kier molecular flexibility index (Phi) is 6.34. The number of nitrogens with zero attached hydrogens (tertiary/aromatic N) is 1. The molecule has 0 aliphatic rings. The number of esters is 1. The van der Waals surface area contributed by atoms with Gasteiger partial charge in [-0.15, -0.1) is 0 Å². The van der Waals surface area contributed by atoms with Crippen molar-refractivity contribution in [3.8, 4) is 0 Å². The van der Waals surface area contributed by atoms with Crippen LogP contribution in [0.2, 0.25) is 0 Å². The van der Waals surface area contributed by atoms with Gasteiger partial charge < -0.3 is 9.30 Å². The fourth-order valence-electron chi connectivity index (χ4n) is 3.21. The molecule has 7 nitrogen and oxygen atoms in total. The lowest BCUT2D eigenvalue weighted by atomic mass is 10.1. The van der Waals surface area contributed by atoms with E-state index >= 15 is 0 Å². The number of aryl methyl sites for hydroxylation is 1. The zero-order valence-corrected chi connectivity index (χ0v) is 17.8. The van der Waals surface area contributed by atoms with Crippen LogP contribution < -0.4 is 4.72 Å². The van der Waals surface area contributed by atoms with Gasteiger partial charge in [-0.25, -0.2) is 13.2 Å². The molecule has 0 saturated carbocycles. The maximum absolute atomic E-state index is 12.6. The summed E-state index contributed by atoms with van der Waals surface area (Å²) in [4.78, 5) is 25.1. The minimum absolute atomic E-state index is 0.208. The molecule has 0 aliphatic heterocycles. The highest BCUT2D eigenvalue weighted by atomic mass is 32.2. The molecule has 0 radical (unpaired) electrons. The van der Waals surface area contributed by atoms with Gasteiger partial charge in [0, 0.05) is 28.7 Å². The molecule has 28 heavy (non-hydrogen) atoms. The summed E-state index contributed by atoms with van der Waals surface area (Å²) in [6, 6.07) is 7.92. The molecule has 2 rings (SSSR count). The van der Waals surface area contributed by atoms with E-state index in [0.29, 0.717) is 16.8 Å². The first-order valence-electron chi connectivity index (χ1n) is 8.92. The van der Waals surface area contributed by atoms with E-state index in [4.69, 9.17) is 4.74 Å². The standard InChI is InChI=1S/C20H26N2O5S/c1-12(2)22-13(3)11-18(14(22)4)20(24)27-15(5)19(23)16-7-9-17(10-8-16)21-28(6,25)26/h7-12,15,21H,1-6H3/t15-/m0/s1. The average molecular weight is 407 g/mol. The van der Waals surface area contributed by atoms with Crippen LogP contribution in [0, 0.1) is 13.8 Å². The Balaban J connectivity index is 2.12. The van der Waals surface area contributed by atoms with Gasteiger partial charge >= 0.3 is 5.97 Å². The van der Waals surface area contributed by atoms with E-state index in [1.54, 1.807) is 6.07 Å². The van der Waals surface area contributed by atoms with E-state index in [1.807, 2.05) is 32.3 Å². The molecule has 0 aliphatic carbocycles. The van der Waals surface area contributed by atoms with Crippen LogP contribution in [0.5, 0.6) is 0 Å². The summed E-state index contributed by atoms with van der Waals surface area (Å²) in [5.74, 6) is -0.909. The number of carbonyl (C=O) groups excluding carboxylic acids is 2. The fraction of sp³-hybridized carbons (Fsp3) is 0.400. The number of anilines is 1. The van der Waals surface area contributed by atoms with Crippen molar-refractivity contribution >= 4 is 27.5 Å². The number of ether oxygens (including phenoxy) is 1. The van der Waals surface area contributed by atoms with Crippen molar-refractivity contribution in [1.29, 1.82) is 0 Å². The maximum Gasteiger partial charge on any atom is 0.340 e. The highest BCUT2D eigenvalue weighted by molar-refractivity contribution is 7.92. The van der Waals surface area contributed by atoms with Gasteiger partial charge in [0.2, 0.25) is 15.8 Å². The number of aromatic nitrogens is 1. The maximum atomic E-state index is 12.6. The first-order valence-corrected chi connectivity index (χ1v) is 10.8. The van der Waals surface area contributed by atoms with Crippen LogP contribution in [0.4, 0.5) is 5.69 Å². The number of Topliss-reactive ketones (excluding diaryl/α,β-unsaturated/α-hetero) is 1. The summed E-state index contributed by atoms with van der Waals surface area (Å²) in [6.45, 7) is 9.35. The molecule has 0 unspecified atom stereocenters. The zero-order valence-electron chi connectivity index (χ0n) is 16.9. The number of ketones is 1. The minimum atomic E-state index is -3.39. The third-order valence-corrected chi connectivity index (χ3v) is 4.95. The van der Waals surface area contributed by atoms with E-state index in [2.05, 4.69) is 4.72 Å². The van der Waals surface area contributed by atoms with Gasteiger partial charge in [-0.3, -0.25) is 9.52 Å². The van der Waals surface area contributed by atoms with Crippen molar-refractivity contribution in [2.75, 3.05) is 11.0 Å². The summed E-state index contributed by atoms with van der Waals surface area (Å²) in [5.41, 5.74) is 2.87. The second-order valence-corrected chi connectivity index (χ2v) is 8.86. The molecule has 8 heteroatoms. The van der Waals surface area contributed by atoms with Crippen molar-refractivity contribution in [3.63, 3.8) is 0 Å². The summed E-state index contributed by atoms with van der Waals surface area (Å²) in [5, 5.41) is 0. The van der Waals surface area contributed by atoms with Crippen molar-refractivity contribution < 1.29 is 22.7 Å². The molecule has 0 bridgehead atoms. The van der Waals surface area contributed by atoms with Crippen LogP contribution in [0.15, 0.2) is 30.3 Å². The number of hydrogen-bond donors (Lipinski definition) is 1. The van der Waals surface area contributed by atoms with Gasteiger partial charge in [0.15, 0.2) is 6.10 Å². The predicted molar refractivity (Wildman–Crippen MR) is 108 cm³/mol. The third kappa shape index (κ3) is 5.01. The molecule has 0 spiro atoms. The molecule has 1 atom stereocenters. The van der Waals surface area contributed by atoms with Gasteiger partial charge in [0.05, 0.1) is 11.8 Å². The number of sulfonamides is 1. The summed E-state index contributed by atoms with van der Waals surface area (Å²) >= 11 is 0. The van der Waals surface area contributed by atoms with Gasteiger partial charge in [0.1, 0.15) is 0 Å². The summed E-state index contributed by atoms with van der Waals surface area (Å²) in [7, 11) is -3.39. The van der Waals surface area contributed by atoms with Crippen LogP contribution in [0.3, 0.4) is 0 Å². The van der Waals surface area contributed by atoms with Crippen LogP contribution in [0.1, 0.15) is 58.9 Å². The molecule has 1 aromatic carbocycles. The van der Waals surface area contributed by atoms with Crippen LogP contribution in [-0.2, 0) is 14.8 Å². The molecule has 1 aromatic heterocycles. The van der Waals surface area contributed by atoms with Crippen molar-refractivity contribution in [1.82, 2.24) is 4.57 Å². The Hall–Kier alpha value is -2.61. The third-order valence-electron chi connectivity index (χ3n) is 4.35. The second kappa shape index (κ2) is 8.18. The molecule has 2 aromatic rings. The lowest BCUT2D eigenvalue weighted by Crippen LogP contribution is -2.24. The number of rotatable bonds is 7. The van der Waals surface area contributed by atoms with Crippen LogP contribution in [0.25, 0.3) is 0 Å². The molecule has 1 heterocycles. The topological polar surface area (TPSA) is 94.5 Å². The predicted octanol–water partition coefficient (Wildman–Crippen LogP) is 3.49. The summed E-state index contributed by atoms with van der Waals surface area (Å²) < 4.78 is 32.2. The number of hydrogen-bond acceptors (Lipinski definition) is 5. The van der Waals surface area contributed by atoms with E-state index < -0.39 is 22.1 Å². The second-order valence-electron chi connectivity index (χ2n) is 7.11. The first-order chi connectivity index (χ1) is 12.9. The molecular weight excluding hydrogens is 380 g/mol. The SMILES string of the molecule is Cc1cc(C(=O)O[C@@H](C)C(=O)c2ccc(NS(C)(=O)=O)cc2)c(C)n1C(C)C. The first kappa shape index (κ1) is 21.7. The molecular formula is C20H26N2O5S. The fourth-order valence-corrected chi connectivity index (χ4v) is 3.77. The molecule has 152 valence electrons. The average Bonchev–Trinajstić information content (AvgIpc) is 2.88. The molecule has 1 N–H and O–H groups in total. The monoisotopic (exact) mass is 406 g/mol. The Morgan fingerprint density at radius 1 is 1.07 bits per heavy atom. The van der Waals surface area contributed by atoms with E-state index in [9.17, 15) is 18.0 Å². The Morgan fingerprint density at radius 2 is 1.64 bits per heavy atom. The smallest absolute Gasteiger partial charge is 0.340 e. The van der Waals surface area contributed by atoms with Crippen molar-refractivity contribution in [2.45, 2.75) is 46.8 Å². The molecule has 0 amide bonds. The minimum Gasteiger partial charge on any atom is -0.451 e. The van der Waals surface area contributed by atoms with Crippen molar-refractivity contribution in [3.05, 3.63) is 52.8 Å². The number of carbonyl (C=O) groups is 2. The highest BCUT2D eigenvalue weighted by Gasteiger charge is 2.24. The number of nitrogens with one attached hydrogen (secondary N) is 1. The Morgan fingerprint density at radius 3 is 2.11 bits per heavy atom. The zero-order chi connectivity index (χ0) is 21.2. The van der Waals surface area contributed by atoms with E-state index in [-0.39, 0.29) is 11.8 Å². The quantitative estimate of drug-likeness (QED) is 0.561. The number of benzene rings is 1. The largest absolute Gasteiger partial charge is 0.451 e. The highest BCUT2D eigenvalue weighted by Crippen LogP contribution is 2.22. The molecule has 0 fully saturated rings. The van der Waals surface area contributed by atoms with Gasteiger partial charge in [-0.1, -0.05) is 0 Å². The Bertz CT molecular complexity index is 988. The van der Waals surface area contributed by atoms with Crippen molar-refractivity contribution in [2.24, 2.45) is 0 Å². The Labute approximate surface area is 165 Å². The molecule has 0 saturated heterocycles. The van der Waals surface area contributed by atoms with Gasteiger partial charge in [-0.2, -0.15) is 0 Å². The lowest BCUT2D eigenvalue weighted by Gasteiger charge is -2.15. The van der Waals surface area contributed by atoms with E-state index in [0.717, 1.165) is 17.6 Å². The van der Waals surface area contributed by atoms with Gasteiger partial charge in [-0.05, 0) is 65.0 Å². The van der Waals surface area contributed by atoms with Crippen LogP contribution >= 0.6 is 0 Å². The normalized spacial score (nSPS) is 12.7. The lowest BCUT2D eigenvalue weighted by molar-refractivity contribution is 0.0318. The van der Waals surface area contributed by atoms with Gasteiger partial charge in [0.25, 0.3) is 0 Å². The summed E-state index contributed by atoms with van der Waals surface area (Å²) in [6.07, 6.45) is 0.0764. The van der Waals surface area contributed by atoms with E-state index in [1.165, 1.54) is 31.2 Å². The van der Waals surface area contributed by atoms with Crippen LogP contribution in [-0.4, -0.2) is 37.1 Å².